The minimum atomic E-state index is -1.09. The summed E-state index contributed by atoms with van der Waals surface area (Å²) in [5.41, 5.74) is -1.01. The Balaban J connectivity index is 0.000000179. The summed E-state index contributed by atoms with van der Waals surface area (Å²) in [6.45, 7) is 1.62. The molecule has 4 N–H and O–H groups in total. The summed E-state index contributed by atoms with van der Waals surface area (Å²) >= 11 is 0. The first-order valence-electron chi connectivity index (χ1n) is 9.86. The summed E-state index contributed by atoms with van der Waals surface area (Å²) in [6.07, 6.45) is 8.83. The fraction of sp³-hybridized carbons (Fsp3) is 0.304. The van der Waals surface area contributed by atoms with Gasteiger partial charge in [-0.1, -0.05) is 42.8 Å². The molecule has 8 heteroatoms. The van der Waals surface area contributed by atoms with E-state index < -0.39 is 29.2 Å². The van der Waals surface area contributed by atoms with Crippen molar-refractivity contribution in [3.05, 3.63) is 70.2 Å². The molecule has 0 radical (unpaired) electrons. The molecule has 2 atom stereocenters. The van der Waals surface area contributed by atoms with E-state index in [0.29, 0.717) is 10.8 Å². The molecule has 162 valence electrons. The predicted octanol–water partition coefficient (Wildman–Crippen LogP) is 3.30. The van der Waals surface area contributed by atoms with Gasteiger partial charge < -0.3 is 20.3 Å². The normalized spacial score (nSPS) is 22.6. The Hall–Kier alpha value is -3.68. The summed E-state index contributed by atoms with van der Waals surface area (Å²) in [6, 6.07) is 6.62. The van der Waals surface area contributed by atoms with Crippen LogP contribution in [0.4, 0.5) is 0 Å². The fourth-order valence-electron chi connectivity index (χ4n) is 4.19. The lowest BCUT2D eigenvalue weighted by atomic mass is 9.59. The third-order valence-electron chi connectivity index (χ3n) is 6.07. The molecule has 31 heavy (non-hydrogen) atoms. The molecule has 4 rings (SSSR count). The number of allylic oxidation sites excluding steroid dienone is 2. The molecular weight excluding hydrogens is 402 g/mol. The minimum Gasteiger partial charge on any atom is -0.481 e. The van der Waals surface area contributed by atoms with Crippen LogP contribution >= 0.6 is 0 Å². The number of hydrogen-bond acceptors (Lipinski definition) is 4. The van der Waals surface area contributed by atoms with Crippen LogP contribution in [0.5, 0.6) is 0 Å². The highest BCUT2D eigenvalue weighted by Crippen LogP contribution is 2.49. The second-order valence-corrected chi connectivity index (χ2v) is 7.92. The Labute approximate surface area is 177 Å². The van der Waals surface area contributed by atoms with E-state index in [9.17, 15) is 29.4 Å². The van der Waals surface area contributed by atoms with E-state index in [1.165, 1.54) is 12.3 Å². The Morgan fingerprint density at radius 2 is 1.68 bits per heavy atom. The largest absolute Gasteiger partial charge is 0.481 e. The average molecular weight is 425 g/mol. The maximum absolute atomic E-state index is 11.4. The summed E-state index contributed by atoms with van der Waals surface area (Å²) in [5, 5.41) is 28.3. The SMILES string of the molecule is CC1(C(=O)O)C=CC=C(C(=O)O)C1C1CCC1.O=C(O)c1c[nH]c(=O)c2ccccc12. The number of benzene rings is 1. The molecule has 0 amide bonds. The average Bonchev–Trinajstić information content (AvgIpc) is 2.68. The van der Waals surface area contributed by atoms with Gasteiger partial charge in [0.05, 0.1) is 11.0 Å². The van der Waals surface area contributed by atoms with Gasteiger partial charge in [-0.05, 0) is 31.7 Å². The van der Waals surface area contributed by atoms with Crippen molar-refractivity contribution in [1.82, 2.24) is 4.98 Å². The van der Waals surface area contributed by atoms with Gasteiger partial charge in [0.25, 0.3) is 5.56 Å². The first kappa shape index (κ1) is 22.0. The molecule has 1 aromatic carbocycles. The number of nitrogens with one attached hydrogen (secondary N) is 1. The first-order chi connectivity index (χ1) is 14.7. The number of H-pyrrole nitrogens is 1. The highest BCUT2D eigenvalue weighted by atomic mass is 16.4. The fourth-order valence-corrected chi connectivity index (χ4v) is 4.19. The Kier molecular flexibility index (Phi) is 6.10. The second kappa shape index (κ2) is 8.59. The van der Waals surface area contributed by atoms with Gasteiger partial charge in [-0.3, -0.25) is 9.59 Å². The van der Waals surface area contributed by atoms with E-state index in [2.05, 4.69) is 4.98 Å². The minimum absolute atomic E-state index is 0.111. The number of aromatic nitrogens is 1. The number of fused-ring (bicyclic) bond motifs is 1. The summed E-state index contributed by atoms with van der Waals surface area (Å²) in [5.74, 6) is -3.21. The quantitative estimate of drug-likeness (QED) is 0.588. The molecule has 1 aromatic heterocycles. The number of hydrogen-bond donors (Lipinski definition) is 4. The standard InChI is InChI=1S/C13H16O4.C10H7NO3/c1-13(12(16)17)7-3-6-9(11(14)15)10(13)8-4-2-5-8;12-9-7-4-2-1-3-6(7)8(5-11-9)10(13)14/h3,6-8,10H,2,4-5H2,1H3,(H,14,15)(H,16,17);1-5H,(H,11,12)(H,13,14). The van der Waals surface area contributed by atoms with Crippen molar-refractivity contribution in [2.45, 2.75) is 26.2 Å². The molecule has 0 aliphatic heterocycles. The van der Waals surface area contributed by atoms with Crippen LogP contribution in [-0.4, -0.2) is 38.2 Å². The zero-order valence-electron chi connectivity index (χ0n) is 16.9. The summed E-state index contributed by atoms with van der Waals surface area (Å²) < 4.78 is 0. The Morgan fingerprint density at radius 1 is 1.03 bits per heavy atom. The zero-order chi connectivity index (χ0) is 22.8. The molecule has 0 bridgehead atoms. The highest BCUT2D eigenvalue weighted by molar-refractivity contribution is 6.02. The van der Waals surface area contributed by atoms with Crippen molar-refractivity contribution in [1.29, 1.82) is 0 Å². The molecule has 2 aliphatic carbocycles. The topological polar surface area (TPSA) is 145 Å². The van der Waals surface area contributed by atoms with E-state index in [4.69, 9.17) is 5.11 Å². The Bertz CT molecular complexity index is 1160. The summed E-state index contributed by atoms with van der Waals surface area (Å²) in [7, 11) is 0. The number of aromatic amines is 1. The van der Waals surface area contributed by atoms with Gasteiger partial charge in [0.1, 0.15) is 0 Å². The number of rotatable bonds is 4. The molecule has 1 saturated carbocycles. The third-order valence-corrected chi connectivity index (χ3v) is 6.07. The molecule has 0 spiro atoms. The van der Waals surface area contributed by atoms with Gasteiger partial charge in [0, 0.05) is 28.5 Å². The maximum atomic E-state index is 11.4. The smallest absolute Gasteiger partial charge is 0.337 e. The number of aromatic carboxylic acids is 1. The molecule has 2 aliphatic rings. The first-order valence-corrected chi connectivity index (χ1v) is 9.86. The van der Waals surface area contributed by atoms with Crippen LogP contribution < -0.4 is 5.56 Å². The van der Waals surface area contributed by atoms with Gasteiger partial charge >= 0.3 is 17.9 Å². The van der Waals surface area contributed by atoms with Gasteiger partial charge in [-0.25, -0.2) is 9.59 Å². The summed E-state index contributed by atoms with van der Waals surface area (Å²) in [4.78, 5) is 47.1. The van der Waals surface area contributed by atoms with Crippen LogP contribution in [0.2, 0.25) is 0 Å². The van der Waals surface area contributed by atoms with Crippen molar-refractivity contribution >= 4 is 28.7 Å². The van der Waals surface area contributed by atoms with E-state index >= 15 is 0 Å². The lowest BCUT2D eigenvalue weighted by Crippen LogP contribution is -2.44. The number of carbonyl (C=O) groups is 3. The molecule has 0 saturated heterocycles. The van der Waals surface area contributed by atoms with Crippen LogP contribution in [0.3, 0.4) is 0 Å². The van der Waals surface area contributed by atoms with Gasteiger partial charge in [0.2, 0.25) is 0 Å². The molecule has 2 aromatic rings. The molecule has 2 unspecified atom stereocenters. The van der Waals surface area contributed by atoms with Crippen molar-refractivity contribution in [2.75, 3.05) is 0 Å². The van der Waals surface area contributed by atoms with Crippen LogP contribution in [0.25, 0.3) is 10.8 Å². The van der Waals surface area contributed by atoms with Crippen LogP contribution in [0, 0.1) is 17.3 Å². The van der Waals surface area contributed by atoms with Crippen molar-refractivity contribution in [2.24, 2.45) is 17.3 Å². The van der Waals surface area contributed by atoms with Crippen LogP contribution in [0.15, 0.2) is 59.1 Å². The molecule has 1 heterocycles. The van der Waals surface area contributed by atoms with E-state index in [1.807, 2.05) is 0 Å². The second-order valence-electron chi connectivity index (χ2n) is 7.92. The lowest BCUT2D eigenvalue weighted by molar-refractivity contribution is -0.149. The molecular formula is C23H23NO7. The number of pyridine rings is 1. The van der Waals surface area contributed by atoms with E-state index in [0.717, 1.165) is 19.3 Å². The van der Waals surface area contributed by atoms with Crippen molar-refractivity contribution in [3.63, 3.8) is 0 Å². The monoisotopic (exact) mass is 425 g/mol. The van der Waals surface area contributed by atoms with Crippen LogP contribution in [-0.2, 0) is 9.59 Å². The molecule has 1 fully saturated rings. The van der Waals surface area contributed by atoms with Crippen molar-refractivity contribution < 1.29 is 29.7 Å². The third kappa shape index (κ3) is 4.14. The van der Waals surface area contributed by atoms with Gasteiger partial charge in [-0.15, -0.1) is 0 Å². The lowest BCUT2D eigenvalue weighted by Gasteiger charge is -2.43. The maximum Gasteiger partial charge on any atom is 0.337 e. The number of carboxylic acid groups (broad SMARTS) is 3. The van der Waals surface area contributed by atoms with E-state index in [1.54, 1.807) is 43.3 Å². The number of aliphatic carboxylic acids is 2. The van der Waals surface area contributed by atoms with Gasteiger partial charge in [-0.2, -0.15) is 0 Å². The predicted molar refractivity (Wildman–Crippen MR) is 113 cm³/mol. The Morgan fingerprint density at radius 3 is 2.19 bits per heavy atom. The number of carboxylic acids is 3. The van der Waals surface area contributed by atoms with Crippen molar-refractivity contribution in [3.8, 4) is 0 Å². The van der Waals surface area contributed by atoms with Crippen LogP contribution in [0.1, 0.15) is 36.5 Å². The zero-order valence-corrected chi connectivity index (χ0v) is 16.9. The van der Waals surface area contributed by atoms with Gasteiger partial charge in [0.15, 0.2) is 0 Å². The highest BCUT2D eigenvalue weighted by Gasteiger charge is 2.49. The molecule has 8 nitrogen and oxygen atoms in total. The van der Waals surface area contributed by atoms with E-state index in [-0.39, 0.29) is 22.6 Å².